The summed E-state index contributed by atoms with van der Waals surface area (Å²) in [6.07, 6.45) is 12.0. The van der Waals surface area contributed by atoms with Gasteiger partial charge in [0, 0.05) is 21.8 Å². The predicted molar refractivity (Wildman–Crippen MR) is 143 cm³/mol. The lowest BCUT2D eigenvalue weighted by molar-refractivity contribution is -0.181. The largest absolute Gasteiger partial charge is 0.472 e. The van der Waals surface area contributed by atoms with E-state index >= 15 is 0 Å². The molecule has 7 atom stereocenters. The number of ketones is 2. The molecule has 37 heavy (non-hydrogen) atoms. The van der Waals surface area contributed by atoms with Crippen LogP contribution < -0.4 is 0 Å². The van der Waals surface area contributed by atoms with E-state index in [1.54, 1.807) is 12.5 Å². The zero-order valence-electron chi connectivity index (χ0n) is 22.6. The minimum absolute atomic E-state index is 0.101. The van der Waals surface area contributed by atoms with Crippen LogP contribution in [0, 0.1) is 33.5 Å². The second kappa shape index (κ2) is 8.14. The van der Waals surface area contributed by atoms with Crippen LogP contribution in [0.4, 0.5) is 0 Å². The van der Waals surface area contributed by atoms with Crippen molar-refractivity contribution in [2.75, 3.05) is 0 Å². The lowest BCUT2D eigenvalue weighted by atomic mass is 9.38. The fourth-order valence-electron chi connectivity index (χ4n) is 9.08. The summed E-state index contributed by atoms with van der Waals surface area (Å²) in [4.78, 5) is 26.7. The molecule has 0 amide bonds. The quantitative estimate of drug-likeness (QED) is 0.452. The molecule has 4 aliphatic rings. The van der Waals surface area contributed by atoms with E-state index < -0.39 is 5.41 Å². The van der Waals surface area contributed by atoms with Crippen molar-refractivity contribution in [1.82, 2.24) is 0 Å². The van der Waals surface area contributed by atoms with Gasteiger partial charge in [0.05, 0.1) is 31.2 Å². The maximum Gasteiger partial charge on any atom is 0.164 e. The maximum atomic E-state index is 13.6. The highest BCUT2D eigenvalue weighted by Gasteiger charge is 2.68. The average Bonchev–Trinajstić information content (AvgIpc) is 3.47. The molecule has 1 heterocycles. The maximum absolute atomic E-state index is 13.6. The summed E-state index contributed by atoms with van der Waals surface area (Å²) in [5, 5.41) is 0. The van der Waals surface area contributed by atoms with Crippen LogP contribution in [0.2, 0.25) is 0 Å². The van der Waals surface area contributed by atoms with Gasteiger partial charge in [-0.15, -0.1) is 0 Å². The minimum Gasteiger partial charge on any atom is -0.472 e. The molecule has 6 rings (SSSR count). The van der Waals surface area contributed by atoms with E-state index in [1.165, 1.54) is 5.57 Å². The van der Waals surface area contributed by atoms with Crippen LogP contribution in [0.25, 0.3) is 0 Å². The van der Waals surface area contributed by atoms with E-state index in [9.17, 15) is 9.59 Å². The lowest BCUT2D eigenvalue weighted by Crippen LogP contribution is -2.64. The van der Waals surface area contributed by atoms with Crippen molar-refractivity contribution < 1.29 is 18.7 Å². The number of carbonyl (C=O) groups is 2. The summed E-state index contributed by atoms with van der Waals surface area (Å²) in [7, 11) is 0. The standard InChI is InChI=1S/C33H38O4/c1-30(2)25-18-28(37-19-21-9-7-6-8-10-21)33(5)24(31(25,3)15-12-27(30)35)11-14-32(4)26(33)17-23(34)29(32)22-13-16-36-20-22/h6-10,12-13,15-17,20,24-25,28-29H,11,14,18-19H2,1-5H3/t24-,25+,28-,29+,31-,32-,33-/m1/s1. The Morgan fingerprint density at radius 1 is 1.00 bits per heavy atom. The van der Waals surface area contributed by atoms with Crippen molar-refractivity contribution in [3.63, 3.8) is 0 Å². The molecule has 0 bridgehead atoms. The first kappa shape index (κ1) is 24.6. The number of fused-ring (bicyclic) bond motifs is 5. The number of allylic oxidation sites excluding steroid dienone is 3. The second-order valence-corrected chi connectivity index (χ2v) is 13.1. The SMILES string of the molecule is CC1(C)C(=O)C=C[C@]2(C)[C@H]3CC[C@]4(C)C(=CC(=O)[C@@H]4c4ccoc4)[C@]3(C)[C@H](OCc3ccccc3)C[C@@H]12. The van der Waals surface area contributed by atoms with Crippen LogP contribution in [-0.4, -0.2) is 17.7 Å². The third kappa shape index (κ3) is 3.30. The smallest absolute Gasteiger partial charge is 0.164 e. The lowest BCUT2D eigenvalue weighted by Gasteiger charge is -2.66. The summed E-state index contributed by atoms with van der Waals surface area (Å²) in [5.41, 5.74) is 2.10. The van der Waals surface area contributed by atoms with E-state index in [0.717, 1.165) is 30.4 Å². The number of hydrogen-bond acceptors (Lipinski definition) is 4. The summed E-state index contributed by atoms with van der Waals surface area (Å²) < 4.78 is 12.3. The van der Waals surface area contributed by atoms with Crippen molar-refractivity contribution in [3.8, 4) is 0 Å². The van der Waals surface area contributed by atoms with Gasteiger partial charge in [-0.25, -0.2) is 0 Å². The van der Waals surface area contributed by atoms with Crippen LogP contribution in [-0.2, 0) is 20.9 Å². The van der Waals surface area contributed by atoms with Gasteiger partial charge in [-0.05, 0) is 60.3 Å². The van der Waals surface area contributed by atoms with Crippen molar-refractivity contribution in [2.45, 2.75) is 72.5 Å². The van der Waals surface area contributed by atoms with Crippen molar-refractivity contribution >= 4 is 11.6 Å². The number of rotatable bonds is 4. The van der Waals surface area contributed by atoms with Gasteiger partial charge in [-0.3, -0.25) is 9.59 Å². The minimum atomic E-state index is -0.459. The first-order valence-electron chi connectivity index (χ1n) is 13.7. The molecule has 4 aliphatic carbocycles. The molecule has 4 heteroatoms. The summed E-state index contributed by atoms with van der Waals surface area (Å²) in [6, 6.07) is 12.2. The molecule has 0 aliphatic heterocycles. The fraction of sp³-hybridized carbons (Fsp3) is 0.515. The topological polar surface area (TPSA) is 56.5 Å². The molecular formula is C33H38O4. The van der Waals surface area contributed by atoms with E-state index in [2.05, 4.69) is 52.8 Å². The summed E-state index contributed by atoms with van der Waals surface area (Å²) in [5.74, 6) is 0.585. The second-order valence-electron chi connectivity index (χ2n) is 13.1. The summed E-state index contributed by atoms with van der Waals surface area (Å²) >= 11 is 0. The van der Waals surface area contributed by atoms with E-state index in [0.29, 0.717) is 6.61 Å². The Kier molecular flexibility index (Phi) is 5.41. The highest BCUT2D eigenvalue weighted by molar-refractivity contribution is 6.01. The Bertz CT molecular complexity index is 1280. The Morgan fingerprint density at radius 3 is 2.46 bits per heavy atom. The number of benzene rings is 1. The monoisotopic (exact) mass is 498 g/mol. The van der Waals surface area contributed by atoms with Gasteiger partial charge >= 0.3 is 0 Å². The molecular weight excluding hydrogens is 460 g/mol. The zero-order valence-corrected chi connectivity index (χ0v) is 22.6. The first-order chi connectivity index (χ1) is 17.5. The molecule has 2 fully saturated rings. The zero-order chi connectivity index (χ0) is 26.2. The normalized spacial score (nSPS) is 40.1. The Hall–Kier alpha value is -2.72. The van der Waals surface area contributed by atoms with Crippen LogP contribution in [0.5, 0.6) is 0 Å². The van der Waals surface area contributed by atoms with Gasteiger partial charge < -0.3 is 9.15 Å². The van der Waals surface area contributed by atoms with Gasteiger partial charge in [0.2, 0.25) is 0 Å². The number of furan rings is 1. The number of ether oxygens (including phenoxy) is 1. The molecule has 0 N–H and O–H groups in total. The Morgan fingerprint density at radius 2 is 1.76 bits per heavy atom. The molecule has 2 saturated carbocycles. The summed E-state index contributed by atoms with van der Waals surface area (Å²) in [6.45, 7) is 11.7. The van der Waals surface area contributed by atoms with E-state index in [-0.39, 0.29) is 51.7 Å². The van der Waals surface area contributed by atoms with Gasteiger partial charge in [0.1, 0.15) is 0 Å². The highest BCUT2D eigenvalue weighted by atomic mass is 16.5. The van der Waals surface area contributed by atoms with Gasteiger partial charge in [-0.2, -0.15) is 0 Å². The third-order valence-electron chi connectivity index (χ3n) is 11.0. The first-order valence-corrected chi connectivity index (χ1v) is 13.7. The third-order valence-corrected chi connectivity index (χ3v) is 11.0. The average molecular weight is 499 g/mol. The molecule has 1 aromatic carbocycles. The molecule has 194 valence electrons. The fourth-order valence-corrected chi connectivity index (χ4v) is 9.08. The Balaban J connectivity index is 1.47. The van der Waals surface area contributed by atoms with Gasteiger partial charge in [0.15, 0.2) is 11.6 Å². The molecule has 4 nitrogen and oxygen atoms in total. The number of carbonyl (C=O) groups excluding carboxylic acids is 2. The van der Waals surface area contributed by atoms with Crippen LogP contribution in [0.15, 0.2) is 77.1 Å². The van der Waals surface area contributed by atoms with Crippen LogP contribution in [0.1, 0.15) is 70.9 Å². The van der Waals surface area contributed by atoms with Crippen molar-refractivity contribution in [3.05, 3.63) is 83.9 Å². The molecule has 0 unspecified atom stereocenters. The predicted octanol–water partition coefficient (Wildman–Crippen LogP) is 7.07. The van der Waals surface area contributed by atoms with Gasteiger partial charge in [-0.1, -0.05) is 76.6 Å². The van der Waals surface area contributed by atoms with Crippen LogP contribution in [0.3, 0.4) is 0 Å². The molecule has 0 spiro atoms. The van der Waals surface area contributed by atoms with Crippen molar-refractivity contribution in [2.24, 2.45) is 33.5 Å². The van der Waals surface area contributed by atoms with E-state index in [4.69, 9.17) is 9.15 Å². The molecule has 1 aromatic heterocycles. The van der Waals surface area contributed by atoms with Gasteiger partial charge in [0.25, 0.3) is 0 Å². The molecule has 0 saturated heterocycles. The molecule has 2 aromatic rings. The molecule has 0 radical (unpaired) electrons. The van der Waals surface area contributed by atoms with E-state index in [1.807, 2.05) is 36.4 Å². The number of hydrogen-bond donors (Lipinski definition) is 0. The van der Waals surface area contributed by atoms with Crippen LogP contribution >= 0.6 is 0 Å². The van der Waals surface area contributed by atoms with Crippen molar-refractivity contribution in [1.29, 1.82) is 0 Å². The highest BCUT2D eigenvalue weighted by Crippen LogP contribution is 2.72. The Labute approximate surface area is 220 Å².